The molecule has 2 aromatic carbocycles. The number of hydrogen-bond donors (Lipinski definition) is 2. The van der Waals surface area contributed by atoms with Crippen LogP contribution in [-0.2, 0) is 10.2 Å². The second kappa shape index (κ2) is 7.96. The zero-order chi connectivity index (χ0) is 23.5. The molecule has 0 spiro atoms. The molecule has 176 valence electrons. The molecular weight excluding hydrogens is 464 g/mol. The Labute approximate surface area is 186 Å². The van der Waals surface area contributed by atoms with Crippen LogP contribution in [-0.4, -0.2) is 46.2 Å². The first-order valence-electron chi connectivity index (χ1n) is 10.5. The lowest BCUT2D eigenvalue weighted by Crippen LogP contribution is -2.43. The summed E-state index contributed by atoms with van der Waals surface area (Å²) >= 11 is 0. The van der Waals surface area contributed by atoms with Crippen LogP contribution in [0.2, 0.25) is 0 Å². The van der Waals surface area contributed by atoms with Crippen molar-refractivity contribution >= 4 is 32.5 Å². The van der Waals surface area contributed by atoms with Crippen LogP contribution in [0.3, 0.4) is 0 Å². The quantitative estimate of drug-likeness (QED) is 0.425. The molecule has 1 aliphatic heterocycles. The third kappa shape index (κ3) is 3.96. The van der Waals surface area contributed by atoms with E-state index in [2.05, 4.69) is 10.4 Å². The van der Waals surface area contributed by atoms with Gasteiger partial charge in [-0.15, -0.1) is 4.09 Å². The lowest BCUT2D eigenvalue weighted by atomic mass is 10.1. The van der Waals surface area contributed by atoms with Gasteiger partial charge in [0.2, 0.25) is 0 Å². The van der Waals surface area contributed by atoms with Gasteiger partial charge in [-0.2, -0.15) is 17.8 Å². The maximum atomic E-state index is 15.3. The van der Waals surface area contributed by atoms with Crippen LogP contribution in [0.1, 0.15) is 37.3 Å². The van der Waals surface area contributed by atoms with Gasteiger partial charge in [0.15, 0.2) is 23.3 Å². The van der Waals surface area contributed by atoms with Crippen LogP contribution in [0, 0.1) is 23.3 Å². The van der Waals surface area contributed by atoms with E-state index >= 15 is 4.39 Å². The van der Waals surface area contributed by atoms with E-state index in [1.165, 1.54) is 10.4 Å². The SMILES string of the molecule is O=S(=O)(N1CCC(O)CC1)n1nc(C2CC2)c2cc(Nc3cc(F)c(F)c(F)c3)cc(F)c21. The molecule has 33 heavy (non-hydrogen) atoms. The number of nitrogens with one attached hydrogen (secondary N) is 1. The zero-order valence-corrected chi connectivity index (χ0v) is 18.0. The number of nitrogens with zero attached hydrogens (tertiary/aromatic N) is 3. The number of anilines is 2. The fourth-order valence-corrected chi connectivity index (χ4v) is 5.56. The molecule has 0 bridgehead atoms. The van der Waals surface area contributed by atoms with E-state index < -0.39 is 39.6 Å². The molecule has 1 aromatic heterocycles. The van der Waals surface area contributed by atoms with Crippen molar-refractivity contribution in [2.45, 2.75) is 37.7 Å². The van der Waals surface area contributed by atoms with Crippen molar-refractivity contribution in [1.29, 1.82) is 0 Å². The Morgan fingerprint density at radius 2 is 1.48 bits per heavy atom. The summed E-state index contributed by atoms with van der Waals surface area (Å²) < 4.78 is 84.0. The van der Waals surface area contributed by atoms with E-state index in [4.69, 9.17) is 0 Å². The highest BCUT2D eigenvalue weighted by atomic mass is 32.2. The minimum absolute atomic E-state index is 0.0255. The monoisotopic (exact) mass is 484 g/mol. The molecule has 2 aliphatic rings. The van der Waals surface area contributed by atoms with Gasteiger partial charge in [-0.05, 0) is 37.8 Å². The van der Waals surface area contributed by atoms with Crippen molar-refractivity contribution in [3.8, 4) is 0 Å². The molecule has 1 saturated heterocycles. The van der Waals surface area contributed by atoms with Gasteiger partial charge in [0.25, 0.3) is 0 Å². The van der Waals surface area contributed by atoms with Crippen LogP contribution in [0.5, 0.6) is 0 Å². The first-order valence-corrected chi connectivity index (χ1v) is 11.9. The summed E-state index contributed by atoms with van der Waals surface area (Å²) in [5, 5.41) is 16.8. The molecule has 2 fully saturated rings. The van der Waals surface area contributed by atoms with Gasteiger partial charge in [0.05, 0.1) is 11.8 Å². The smallest absolute Gasteiger partial charge is 0.323 e. The molecule has 0 unspecified atom stereocenters. The molecule has 0 atom stereocenters. The molecule has 12 heteroatoms. The number of fused-ring (bicyclic) bond motifs is 1. The van der Waals surface area contributed by atoms with Gasteiger partial charge >= 0.3 is 10.2 Å². The van der Waals surface area contributed by atoms with E-state index in [-0.39, 0.29) is 54.1 Å². The molecule has 0 radical (unpaired) electrons. The second-order valence-electron chi connectivity index (χ2n) is 8.37. The number of aromatic nitrogens is 2. The molecule has 0 amide bonds. The van der Waals surface area contributed by atoms with Crippen LogP contribution >= 0.6 is 0 Å². The van der Waals surface area contributed by atoms with Crippen molar-refractivity contribution in [3.05, 3.63) is 53.2 Å². The van der Waals surface area contributed by atoms with Gasteiger partial charge in [-0.3, -0.25) is 0 Å². The summed E-state index contributed by atoms with van der Waals surface area (Å²) in [6, 6.07) is 3.93. The maximum Gasteiger partial charge on any atom is 0.323 e. The average molecular weight is 484 g/mol. The fourth-order valence-electron chi connectivity index (χ4n) is 4.06. The largest absolute Gasteiger partial charge is 0.393 e. The minimum atomic E-state index is -4.18. The molecule has 2 heterocycles. The number of rotatable bonds is 5. The molecule has 1 saturated carbocycles. The van der Waals surface area contributed by atoms with E-state index in [9.17, 15) is 26.7 Å². The van der Waals surface area contributed by atoms with Crippen molar-refractivity contribution < 1.29 is 31.1 Å². The summed E-state index contributed by atoms with van der Waals surface area (Å²) in [6.07, 6.45) is 1.51. The molecule has 2 N–H and O–H groups in total. The Morgan fingerprint density at radius 1 is 0.909 bits per heavy atom. The topological polar surface area (TPSA) is 87.5 Å². The highest BCUT2D eigenvalue weighted by molar-refractivity contribution is 7.87. The summed E-state index contributed by atoms with van der Waals surface area (Å²) in [5.41, 5.74) is 0.171. The summed E-state index contributed by atoms with van der Waals surface area (Å²) in [4.78, 5) is 0. The highest BCUT2D eigenvalue weighted by Gasteiger charge is 2.36. The Balaban J connectivity index is 1.58. The van der Waals surface area contributed by atoms with E-state index in [0.717, 1.165) is 31.0 Å². The molecule has 3 aromatic rings. The van der Waals surface area contributed by atoms with Crippen molar-refractivity contribution in [2.75, 3.05) is 18.4 Å². The maximum absolute atomic E-state index is 15.3. The van der Waals surface area contributed by atoms with Gasteiger partial charge in [0, 0.05) is 47.9 Å². The standard InChI is InChI=1S/C21H20F4N4O3S/c22-16-8-13(9-17(23)19(16)25)26-12-7-15-20(11-1-2-11)27-29(21(15)18(24)10-12)33(31,32)28-5-3-14(30)4-6-28/h7-11,14,26,30H,1-6H2. The third-order valence-electron chi connectivity index (χ3n) is 5.93. The first-order chi connectivity index (χ1) is 15.6. The number of benzene rings is 2. The molecular formula is C21H20F4N4O3S. The number of aliphatic hydroxyl groups excluding tert-OH is 1. The summed E-state index contributed by atoms with van der Waals surface area (Å²) in [5.74, 6) is -5.33. The van der Waals surface area contributed by atoms with Crippen LogP contribution in [0.15, 0.2) is 24.3 Å². The zero-order valence-electron chi connectivity index (χ0n) is 17.2. The Hall–Kier alpha value is -2.70. The van der Waals surface area contributed by atoms with E-state index in [1.54, 1.807) is 0 Å². The van der Waals surface area contributed by atoms with Crippen molar-refractivity contribution in [2.24, 2.45) is 0 Å². The Bertz CT molecular complexity index is 1330. The third-order valence-corrected chi connectivity index (χ3v) is 7.65. The summed E-state index contributed by atoms with van der Waals surface area (Å²) in [7, 11) is -4.18. The van der Waals surface area contributed by atoms with E-state index in [0.29, 0.717) is 9.78 Å². The van der Waals surface area contributed by atoms with Gasteiger partial charge in [-0.1, -0.05) is 0 Å². The second-order valence-corrected chi connectivity index (χ2v) is 10.1. The molecule has 1 aliphatic carbocycles. The number of halogens is 4. The van der Waals surface area contributed by atoms with Crippen LogP contribution in [0.25, 0.3) is 10.9 Å². The predicted octanol–water partition coefficient (Wildman–Crippen LogP) is 3.76. The summed E-state index contributed by atoms with van der Waals surface area (Å²) in [6.45, 7) is 0.180. The normalized spacial score (nSPS) is 18.2. The minimum Gasteiger partial charge on any atom is -0.393 e. The number of hydrogen-bond acceptors (Lipinski definition) is 5. The Morgan fingerprint density at radius 3 is 2.09 bits per heavy atom. The molecule has 7 nitrogen and oxygen atoms in total. The number of piperidine rings is 1. The molecule has 5 rings (SSSR count). The lowest BCUT2D eigenvalue weighted by Gasteiger charge is -2.28. The van der Waals surface area contributed by atoms with Gasteiger partial charge < -0.3 is 10.4 Å². The van der Waals surface area contributed by atoms with Crippen LogP contribution < -0.4 is 5.32 Å². The van der Waals surface area contributed by atoms with Crippen molar-refractivity contribution in [3.63, 3.8) is 0 Å². The lowest BCUT2D eigenvalue weighted by molar-refractivity contribution is 0.112. The van der Waals surface area contributed by atoms with Gasteiger partial charge in [-0.25, -0.2) is 17.6 Å². The predicted molar refractivity (Wildman–Crippen MR) is 112 cm³/mol. The number of aliphatic hydroxyl groups is 1. The van der Waals surface area contributed by atoms with Crippen LogP contribution in [0.4, 0.5) is 28.9 Å². The highest BCUT2D eigenvalue weighted by Crippen LogP contribution is 2.44. The van der Waals surface area contributed by atoms with Gasteiger partial charge in [0.1, 0.15) is 5.52 Å². The van der Waals surface area contributed by atoms with Crippen molar-refractivity contribution in [1.82, 2.24) is 13.5 Å². The average Bonchev–Trinajstić information content (AvgIpc) is 3.52. The van der Waals surface area contributed by atoms with E-state index in [1.807, 2.05) is 0 Å². The first kappa shape index (κ1) is 22.1. The Kier molecular flexibility index (Phi) is 5.33. The fraction of sp³-hybridized carbons (Fsp3) is 0.381.